The molecule has 0 atom stereocenters. The molecule has 12 rings (SSSR count). The smallest absolute Gasteiger partial charge is 0.135 e. The first kappa shape index (κ1) is 36.9. The van der Waals surface area contributed by atoms with Crippen LogP contribution in [-0.4, -0.2) is 0 Å². The van der Waals surface area contributed by atoms with Crippen LogP contribution in [0.5, 0.6) is 0 Å². The maximum Gasteiger partial charge on any atom is 0.135 e. The quantitative estimate of drug-likeness (QED) is 0.160. The Balaban J connectivity index is 0.961. The second-order valence-electron chi connectivity index (χ2n) is 17.3. The molecule has 0 amide bonds. The van der Waals surface area contributed by atoms with Crippen LogP contribution in [0.4, 0.5) is 17.1 Å². The summed E-state index contributed by atoms with van der Waals surface area (Å²) in [5, 5.41) is 4.72. The van der Waals surface area contributed by atoms with Crippen LogP contribution in [0.15, 0.2) is 229 Å². The van der Waals surface area contributed by atoms with Gasteiger partial charge in [-0.1, -0.05) is 184 Å². The molecule has 2 heteroatoms. The molecule has 1 aliphatic rings. The molecule has 298 valence electrons. The van der Waals surface area contributed by atoms with Crippen LogP contribution >= 0.6 is 0 Å². The van der Waals surface area contributed by atoms with Crippen LogP contribution in [0.1, 0.15) is 25.0 Å². The van der Waals surface area contributed by atoms with Gasteiger partial charge in [0.25, 0.3) is 0 Å². The molecular formula is C61H43NO. The first-order chi connectivity index (χ1) is 31.0. The van der Waals surface area contributed by atoms with E-state index in [9.17, 15) is 0 Å². The lowest BCUT2D eigenvalue weighted by Crippen LogP contribution is -2.17. The normalized spacial score (nSPS) is 12.7. The van der Waals surface area contributed by atoms with Crippen molar-refractivity contribution in [1.82, 2.24) is 0 Å². The van der Waals surface area contributed by atoms with Crippen molar-refractivity contribution < 1.29 is 4.42 Å². The molecule has 0 unspecified atom stereocenters. The zero-order chi connectivity index (χ0) is 42.1. The van der Waals surface area contributed by atoms with Crippen molar-refractivity contribution in [1.29, 1.82) is 0 Å². The summed E-state index contributed by atoms with van der Waals surface area (Å²) in [6.45, 7) is 4.76. The maximum atomic E-state index is 6.18. The van der Waals surface area contributed by atoms with Crippen molar-refractivity contribution >= 4 is 49.8 Å². The molecule has 0 saturated carbocycles. The summed E-state index contributed by atoms with van der Waals surface area (Å²) in [5.41, 5.74) is 19.9. The summed E-state index contributed by atoms with van der Waals surface area (Å²) >= 11 is 0. The third kappa shape index (κ3) is 6.17. The molecule has 11 aromatic rings. The lowest BCUT2D eigenvalue weighted by molar-refractivity contribution is 0.660. The van der Waals surface area contributed by atoms with E-state index >= 15 is 0 Å². The summed E-state index contributed by atoms with van der Waals surface area (Å²) in [6.07, 6.45) is 0. The third-order valence-corrected chi connectivity index (χ3v) is 13.3. The average Bonchev–Trinajstić information content (AvgIpc) is 3.83. The maximum absolute atomic E-state index is 6.18. The number of para-hydroxylation sites is 1. The van der Waals surface area contributed by atoms with Crippen LogP contribution in [0.3, 0.4) is 0 Å². The molecule has 2 nitrogen and oxygen atoms in total. The molecule has 10 aromatic carbocycles. The van der Waals surface area contributed by atoms with E-state index in [1.807, 2.05) is 12.1 Å². The second-order valence-corrected chi connectivity index (χ2v) is 17.3. The lowest BCUT2D eigenvalue weighted by Gasteiger charge is -2.29. The van der Waals surface area contributed by atoms with Crippen molar-refractivity contribution in [3.05, 3.63) is 236 Å². The number of fused-ring (bicyclic) bond motifs is 7. The first-order valence-corrected chi connectivity index (χ1v) is 21.8. The van der Waals surface area contributed by atoms with Gasteiger partial charge in [-0.15, -0.1) is 0 Å². The van der Waals surface area contributed by atoms with Crippen LogP contribution in [0, 0.1) is 0 Å². The number of rotatable bonds is 7. The van der Waals surface area contributed by atoms with Crippen LogP contribution in [0.2, 0.25) is 0 Å². The number of benzene rings is 10. The Kier molecular flexibility index (Phi) is 8.55. The molecule has 0 bridgehead atoms. The number of hydrogen-bond acceptors (Lipinski definition) is 2. The van der Waals surface area contributed by atoms with E-state index in [-0.39, 0.29) is 5.41 Å². The molecule has 0 N–H and O–H groups in total. The highest BCUT2D eigenvalue weighted by Crippen LogP contribution is 2.52. The second kappa shape index (κ2) is 14.6. The zero-order valence-corrected chi connectivity index (χ0v) is 35.2. The van der Waals surface area contributed by atoms with Crippen molar-refractivity contribution in [2.45, 2.75) is 19.3 Å². The number of furan rings is 1. The fourth-order valence-corrected chi connectivity index (χ4v) is 10.0. The number of nitrogens with zero attached hydrogens (tertiary/aromatic N) is 1. The first-order valence-electron chi connectivity index (χ1n) is 21.8. The highest BCUT2D eigenvalue weighted by Gasteiger charge is 2.36. The molecule has 1 heterocycles. The van der Waals surface area contributed by atoms with Gasteiger partial charge in [0.15, 0.2) is 0 Å². The minimum Gasteiger partial charge on any atom is -0.456 e. The minimum absolute atomic E-state index is 0.232. The standard InChI is InChI=1S/C61H43NO/c1-61(2)56-38-46(45-28-36-60-55(37-45)54-19-11-12-20-59(54)63-60)27-32-51(56)52-33-31-48(39-57(52)61)62(58-35-34-49(44-15-7-4-8-16-44)50-17-9-10-18-53(50)58)47-29-25-43(26-30-47)42-23-21-41(22-24-42)40-13-5-3-6-14-40/h3-39H,1-2H3. The SMILES string of the molecule is CC1(C)c2cc(-c3ccc4oc5ccccc5c4c3)ccc2-c2ccc(N(c3ccc(-c4ccc(-c5ccccc5)cc4)cc3)c3ccc(-c4ccccc4)c4ccccc34)cc21. The van der Waals surface area contributed by atoms with Crippen molar-refractivity contribution in [3.63, 3.8) is 0 Å². The van der Waals surface area contributed by atoms with Crippen molar-refractivity contribution in [2.75, 3.05) is 4.90 Å². The fraction of sp³-hybridized carbons (Fsp3) is 0.0492. The molecule has 1 aromatic heterocycles. The van der Waals surface area contributed by atoms with Gasteiger partial charge < -0.3 is 9.32 Å². The van der Waals surface area contributed by atoms with Crippen LogP contribution in [-0.2, 0) is 5.41 Å². The van der Waals surface area contributed by atoms with Crippen LogP contribution < -0.4 is 4.90 Å². The van der Waals surface area contributed by atoms with E-state index in [4.69, 9.17) is 4.42 Å². The Bertz CT molecular complexity index is 3510. The molecule has 0 aliphatic heterocycles. The Labute approximate surface area is 368 Å². The van der Waals surface area contributed by atoms with Crippen molar-refractivity contribution in [2.24, 2.45) is 0 Å². The molecule has 0 fully saturated rings. The summed E-state index contributed by atoms with van der Waals surface area (Å²) in [7, 11) is 0. The van der Waals surface area contributed by atoms with Gasteiger partial charge in [-0.3, -0.25) is 0 Å². The molecule has 0 spiro atoms. The minimum atomic E-state index is -0.232. The van der Waals surface area contributed by atoms with Crippen LogP contribution in [0.25, 0.3) is 88.3 Å². The Morgan fingerprint density at radius 1 is 0.317 bits per heavy atom. The number of hydrogen-bond donors (Lipinski definition) is 0. The molecule has 63 heavy (non-hydrogen) atoms. The molecule has 0 saturated heterocycles. The van der Waals surface area contributed by atoms with E-state index in [1.54, 1.807) is 0 Å². The van der Waals surface area contributed by atoms with Crippen molar-refractivity contribution in [3.8, 4) is 55.6 Å². The fourth-order valence-electron chi connectivity index (χ4n) is 10.0. The monoisotopic (exact) mass is 805 g/mol. The lowest BCUT2D eigenvalue weighted by atomic mass is 9.81. The Hall–Kier alpha value is -7.94. The van der Waals surface area contributed by atoms with E-state index in [1.165, 1.54) is 77.5 Å². The van der Waals surface area contributed by atoms with E-state index < -0.39 is 0 Å². The van der Waals surface area contributed by atoms with E-state index in [0.29, 0.717) is 0 Å². The molecular weight excluding hydrogens is 763 g/mol. The third-order valence-electron chi connectivity index (χ3n) is 13.3. The van der Waals surface area contributed by atoms with Gasteiger partial charge in [0.05, 0.1) is 5.69 Å². The summed E-state index contributed by atoms with van der Waals surface area (Å²) in [4.78, 5) is 2.45. The Morgan fingerprint density at radius 3 is 1.51 bits per heavy atom. The van der Waals surface area contributed by atoms with Gasteiger partial charge in [0.2, 0.25) is 0 Å². The predicted molar refractivity (Wildman–Crippen MR) is 265 cm³/mol. The molecule has 0 radical (unpaired) electrons. The summed E-state index contributed by atoms with van der Waals surface area (Å²) in [5.74, 6) is 0. The zero-order valence-electron chi connectivity index (χ0n) is 35.2. The van der Waals surface area contributed by atoms with Gasteiger partial charge in [-0.05, 0) is 127 Å². The largest absolute Gasteiger partial charge is 0.456 e. The van der Waals surface area contributed by atoms with E-state index in [2.05, 4.69) is 231 Å². The van der Waals surface area contributed by atoms with Gasteiger partial charge >= 0.3 is 0 Å². The predicted octanol–water partition coefficient (Wildman–Crippen LogP) is 17.2. The highest BCUT2D eigenvalue weighted by atomic mass is 16.3. The average molecular weight is 806 g/mol. The van der Waals surface area contributed by atoms with Gasteiger partial charge in [-0.25, -0.2) is 0 Å². The summed E-state index contributed by atoms with van der Waals surface area (Å²) < 4.78 is 6.18. The Morgan fingerprint density at radius 2 is 0.794 bits per heavy atom. The van der Waals surface area contributed by atoms with Gasteiger partial charge in [0.1, 0.15) is 11.2 Å². The van der Waals surface area contributed by atoms with Gasteiger partial charge in [0, 0.05) is 32.9 Å². The number of anilines is 3. The highest BCUT2D eigenvalue weighted by molar-refractivity contribution is 6.07. The molecule has 1 aliphatic carbocycles. The summed E-state index contributed by atoms with van der Waals surface area (Å²) in [6, 6.07) is 81.7. The topological polar surface area (TPSA) is 16.4 Å². The van der Waals surface area contributed by atoms with E-state index in [0.717, 1.165) is 39.0 Å². The van der Waals surface area contributed by atoms with Gasteiger partial charge in [-0.2, -0.15) is 0 Å².